The zero-order valence-corrected chi connectivity index (χ0v) is 10.3. The molecule has 4 heteroatoms. The Balaban J connectivity index is 2.19. The summed E-state index contributed by atoms with van der Waals surface area (Å²) in [6, 6.07) is 9.85. The number of nitrogens with zero attached hydrogens (tertiary/aromatic N) is 1. The summed E-state index contributed by atoms with van der Waals surface area (Å²) < 4.78 is 0. The number of carboxylic acid groups (broad SMARTS) is 1. The Morgan fingerprint density at radius 3 is 2.89 bits per heavy atom. The van der Waals surface area contributed by atoms with Gasteiger partial charge in [-0.25, -0.2) is 4.98 Å². The molecule has 0 amide bonds. The molecule has 94 valence electrons. The van der Waals surface area contributed by atoms with Gasteiger partial charge in [-0.05, 0) is 17.9 Å². The lowest BCUT2D eigenvalue weighted by Crippen LogP contribution is -2.22. The maximum absolute atomic E-state index is 11.0. The van der Waals surface area contributed by atoms with Gasteiger partial charge in [-0.1, -0.05) is 31.2 Å². The molecule has 0 radical (unpaired) electrons. The summed E-state index contributed by atoms with van der Waals surface area (Å²) in [7, 11) is 0. The van der Waals surface area contributed by atoms with E-state index in [1.807, 2.05) is 37.3 Å². The van der Waals surface area contributed by atoms with Crippen LogP contribution < -0.4 is 5.32 Å². The molecule has 0 spiro atoms. The van der Waals surface area contributed by atoms with Crippen LogP contribution in [0.1, 0.15) is 13.3 Å². The van der Waals surface area contributed by atoms with Crippen LogP contribution >= 0.6 is 0 Å². The molecule has 0 saturated heterocycles. The lowest BCUT2D eigenvalue weighted by atomic mass is 10.1. The quantitative estimate of drug-likeness (QED) is 0.849. The van der Waals surface area contributed by atoms with Crippen LogP contribution in [0.4, 0.5) is 5.82 Å². The smallest absolute Gasteiger partial charge is 0.308 e. The third-order valence-electron chi connectivity index (χ3n) is 3.03. The molecule has 2 aromatic rings. The average molecular weight is 244 g/mol. The molecular formula is C14H16N2O2. The number of hydrogen-bond donors (Lipinski definition) is 2. The Hall–Kier alpha value is -2.10. The number of benzene rings is 1. The van der Waals surface area contributed by atoms with Crippen LogP contribution in [0.3, 0.4) is 0 Å². The van der Waals surface area contributed by atoms with Gasteiger partial charge in [-0.2, -0.15) is 0 Å². The number of rotatable bonds is 5. The van der Waals surface area contributed by atoms with Crippen LogP contribution in [0.25, 0.3) is 10.8 Å². The average Bonchev–Trinajstić information content (AvgIpc) is 2.39. The first-order chi connectivity index (χ1) is 8.72. The monoisotopic (exact) mass is 244 g/mol. The SMILES string of the molecule is CCC(CNc1nccc2ccccc12)C(=O)O. The van der Waals surface area contributed by atoms with Crippen LogP contribution in [0.2, 0.25) is 0 Å². The summed E-state index contributed by atoms with van der Waals surface area (Å²) in [6.45, 7) is 2.27. The van der Waals surface area contributed by atoms with Crippen molar-refractivity contribution in [3.63, 3.8) is 0 Å². The second-order valence-corrected chi connectivity index (χ2v) is 4.21. The number of pyridine rings is 1. The largest absolute Gasteiger partial charge is 0.481 e. The molecule has 2 N–H and O–H groups in total. The third-order valence-corrected chi connectivity index (χ3v) is 3.03. The highest BCUT2D eigenvalue weighted by atomic mass is 16.4. The first kappa shape index (κ1) is 12.4. The molecule has 0 aliphatic carbocycles. The first-order valence-electron chi connectivity index (χ1n) is 6.02. The van der Waals surface area contributed by atoms with E-state index >= 15 is 0 Å². The van der Waals surface area contributed by atoms with Gasteiger partial charge in [0.15, 0.2) is 0 Å². The number of fused-ring (bicyclic) bond motifs is 1. The highest BCUT2D eigenvalue weighted by Crippen LogP contribution is 2.20. The van der Waals surface area contributed by atoms with E-state index in [2.05, 4.69) is 10.3 Å². The van der Waals surface area contributed by atoms with Gasteiger partial charge in [0.2, 0.25) is 0 Å². The summed E-state index contributed by atoms with van der Waals surface area (Å²) in [5.41, 5.74) is 0. The summed E-state index contributed by atoms with van der Waals surface area (Å²) in [6.07, 6.45) is 2.33. The maximum atomic E-state index is 11.0. The van der Waals surface area contributed by atoms with Gasteiger partial charge in [0.1, 0.15) is 5.82 Å². The minimum absolute atomic E-state index is 0.384. The van der Waals surface area contributed by atoms with Crippen molar-refractivity contribution in [1.29, 1.82) is 0 Å². The molecule has 2 rings (SSSR count). The van der Waals surface area contributed by atoms with Gasteiger partial charge >= 0.3 is 5.97 Å². The minimum Gasteiger partial charge on any atom is -0.481 e. The second-order valence-electron chi connectivity index (χ2n) is 4.21. The molecule has 0 aliphatic heterocycles. The van der Waals surface area contributed by atoms with Gasteiger partial charge in [0, 0.05) is 18.1 Å². The molecule has 0 aliphatic rings. The summed E-state index contributed by atoms with van der Waals surface area (Å²) >= 11 is 0. The standard InChI is InChI=1S/C14H16N2O2/c1-2-10(14(17)18)9-16-13-12-6-4-3-5-11(12)7-8-15-13/h3-8,10H,2,9H2,1H3,(H,15,16)(H,17,18). The van der Waals surface area contributed by atoms with E-state index in [1.165, 1.54) is 0 Å². The number of nitrogens with one attached hydrogen (secondary N) is 1. The maximum Gasteiger partial charge on any atom is 0.308 e. The molecule has 4 nitrogen and oxygen atoms in total. The van der Waals surface area contributed by atoms with Crippen molar-refractivity contribution < 1.29 is 9.90 Å². The summed E-state index contributed by atoms with van der Waals surface area (Å²) in [4.78, 5) is 15.2. The first-order valence-corrected chi connectivity index (χ1v) is 6.02. The van der Waals surface area contributed by atoms with E-state index in [-0.39, 0.29) is 5.92 Å². The van der Waals surface area contributed by atoms with Crippen molar-refractivity contribution in [2.24, 2.45) is 5.92 Å². The molecule has 1 atom stereocenters. The van der Waals surface area contributed by atoms with Crippen molar-refractivity contribution in [2.75, 3.05) is 11.9 Å². The molecule has 1 aromatic carbocycles. The second kappa shape index (κ2) is 5.49. The zero-order chi connectivity index (χ0) is 13.0. The van der Waals surface area contributed by atoms with E-state index in [4.69, 9.17) is 5.11 Å². The Morgan fingerprint density at radius 2 is 2.17 bits per heavy atom. The fraction of sp³-hybridized carbons (Fsp3) is 0.286. The van der Waals surface area contributed by atoms with Crippen molar-refractivity contribution in [3.8, 4) is 0 Å². The number of hydrogen-bond acceptors (Lipinski definition) is 3. The summed E-state index contributed by atoms with van der Waals surface area (Å²) in [5, 5.41) is 14.2. The number of carbonyl (C=O) groups is 1. The number of aromatic nitrogens is 1. The van der Waals surface area contributed by atoms with Gasteiger partial charge < -0.3 is 10.4 Å². The van der Waals surface area contributed by atoms with E-state index in [9.17, 15) is 4.79 Å². The lowest BCUT2D eigenvalue weighted by molar-refractivity contribution is -0.141. The molecule has 0 fully saturated rings. The number of anilines is 1. The lowest BCUT2D eigenvalue weighted by Gasteiger charge is -2.12. The van der Waals surface area contributed by atoms with Gasteiger partial charge in [-0.3, -0.25) is 4.79 Å². The van der Waals surface area contributed by atoms with E-state index in [0.29, 0.717) is 13.0 Å². The normalized spacial score (nSPS) is 12.3. The molecular weight excluding hydrogens is 228 g/mol. The third kappa shape index (κ3) is 2.59. The van der Waals surface area contributed by atoms with E-state index < -0.39 is 5.97 Å². The van der Waals surface area contributed by atoms with Crippen LogP contribution in [0.15, 0.2) is 36.5 Å². The number of aliphatic carboxylic acids is 1. The van der Waals surface area contributed by atoms with Gasteiger partial charge in [0.25, 0.3) is 0 Å². The van der Waals surface area contributed by atoms with Crippen molar-refractivity contribution in [3.05, 3.63) is 36.5 Å². The molecule has 1 unspecified atom stereocenters. The van der Waals surface area contributed by atoms with Crippen LogP contribution in [-0.2, 0) is 4.79 Å². The molecule has 18 heavy (non-hydrogen) atoms. The van der Waals surface area contributed by atoms with Crippen LogP contribution in [-0.4, -0.2) is 22.6 Å². The predicted octanol–water partition coefficient (Wildman–Crippen LogP) is 2.76. The Morgan fingerprint density at radius 1 is 1.39 bits per heavy atom. The topological polar surface area (TPSA) is 62.2 Å². The highest BCUT2D eigenvalue weighted by Gasteiger charge is 2.15. The fourth-order valence-electron chi connectivity index (χ4n) is 1.89. The van der Waals surface area contributed by atoms with Crippen LogP contribution in [0.5, 0.6) is 0 Å². The highest BCUT2D eigenvalue weighted by molar-refractivity contribution is 5.91. The molecule has 0 bridgehead atoms. The minimum atomic E-state index is -0.773. The van der Waals surface area contributed by atoms with Crippen molar-refractivity contribution in [1.82, 2.24) is 4.98 Å². The molecule has 1 heterocycles. The van der Waals surface area contributed by atoms with Crippen molar-refractivity contribution >= 4 is 22.6 Å². The van der Waals surface area contributed by atoms with Crippen molar-refractivity contribution in [2.45, 2.75) is 13.3 Å². The Bertz CT molecular complexity index is 549. The Kier molecular flexibility index (Phi) is 3.77. The summed E-state index contributed by atoms with van der Waals surface area (Å²) in [5.74, 6) is -0.413. The van der Waals surface area contributed by atoms with Gasteiger partial charge in [0.05, 0.1) is 5.92 Å². The van der Waals surface area contributed by atoms with Gasteiger partial charge in [-0.15, -0.1) is 0 Å². The molecule has 1 aromatic heterocycles. The molecule has 0 saturated carbocycles. The van der Waals surface area contributed by atoms with E-state index in [0.717, 1.165) is 16.6 Å². The Labute approximate surface area is 106 Å². The fourth-order valence-corrected chi connectivity index (χ4v) is 1.89. The predicted molar refractivity (Wildman–Crippen MR) is 71.6 cm³/mol. The van der Waals surface area contributed by atoms with E-state index in [1.54, 1.807) is 6.20 Å². The number of carboxylic acids is 1. The van der Waals surface area contributed by atoms with Crippen LogP contribution in [0, 0.1) is 5.92 Å². The zero-order valence-electron chi connectivity index (χ0n) is 10.3.